The van der Waals surface area contributed by atoms with E-state index in [0.717, 1.165) is 19.5 Å². The highest BCUT2D eigenvalue weighted by Crippen LogP contribution is 2.37. The number of nitrogens with one attached hydrogen (secondary N) is 1. The molecule has 3 heteroatoms. The fourth-order valence-electron chi connectivity index (χ4n) is 2.64. The van der Waals surface area contributed by atoms with E-state index in [-0.39, 0.29) is 17.0 Å². The molecule has 2 atom stereocenters. The van der Waals surface area contributed by atoms with E-state index in [1.165, 1.54) is 0 Å². The van der Waals surface area contributed by atoms with Crippen LogP contribution in [0.2, 0.25) is 0 Å². The molecule has 2 aliphatic rings. The van der Waals surface area contributed by atoms with Crippen LogP contribution in [0.1, 0.15) is 34.1 Å². The molecule has 0 bridgehead atoms. The van der Waals surface area contributed by atoms with Crippen LogP contribution in [-0.2, 0) is 4.79 Å². The average molecular weight is 196 g/mol. The second-order valence-electron chi connectivity index (χ2n) is 5.82. The SMILES string of the molecule is CC1CC2(C)NCC(C)(C)CN2C1=O. The zero-order valence-corrected chi connectivity index (χ0v) is 9.55. The molecule has 0 radical (unpaired) electrons. The summed E-state index contributed by atoms with van der Waals surface area (Å²) in [6, 6.07) is 0. The molecule has 1 amide bonds. The van der Waals surface area contributed by atoms with Crippen molar-refractivity contribution in [1.29, 1.82) is 0 Å². The van der Waals surface area contributed by atoms with Gasteiger partial charge in [-0.1, -0.05) is 20.8 Å². The lowest BCUT2D eigenvalue weighted by molar-refractivity contribution is -0.138. The van der Waals surface area contributed by atoms with Gasteiger partial charge in [-0.2, -0.15) is 0 Å². The smallest absolute Gasteiger partial charge is 0.227 e. The predicted molar refractivity (Wildman–Crippen MR) is 55.7 cm³/mol. The Labute approximate surface area is 85.8 Å². The second-order valence-corrected chi connectivity index (χ2v) is 5.82. The highest BCUT2D eigenvalue weighted by atomic mass is 16.2. The molecule has 2 rings (SSSR count). The fraction of sp³-hybridized carbons (Fsp3) is 0.909. The van der Waals surface area contributed by atoms with Crippen molar-refractivity contribution in [2.45, 2.75) is 39.8 Å². The van der Waals surface area contributed by atoms with Gasteiger partial charge in [0.05, 0.1) is 5.66 Å². The third kappa shape index (κ3) is 1.34. The Kier molecular flexibility index (Phi) is 1.94. The van der Waals surface area contributed by atoms with Crippen LogP contribution >= 0.6 is 0 Å². The molecular formula is C11H20N2O. The van der Waals surface area contributed by atoms with Crippen molar-refractivity contribution < 1.29 is 4.79 Å². The number of carbonyl (C=O) groups excluding carboxylic acids is 1. The van der Waals surface area contributed by atoms with Crippen molar-refractivity contribution in [2.24, 2.45) is 11.3 Å². The van der Waals surface area contributed by atoms with Gasteiger partial charge in [-0.3, -0.25) is 10.1 Å². The Morgan fingerprint density at radius 1 is 1.43 bits per heavy atom. The van der Waals surface area contributed by atoms with E-state index < -0.39 is 0 Å². The first-order valence-corrected chi connectivity index (χ1v) is 5.41. The number of nitrogens with zero attached hydrogens (tertiary/aromatic N) is 1. The van der Waals surface area contributed by atoms with E-state index >= 15 is 0 Å². The lowest BCUT2D eigenvalue weighted by atomic mass is 9.88. The summed E-state index contributed by atoms with van der Waals surface area (Å²) in [7, 11) is 0. The number of hydrogen-bond donors (Lipinski definition) is 1. The Hall–Kier alpha value is -0.570. The number of amides is 1. The van der Waals surface area contributed by atoms with Crippen molar-refractivity contribution in [3.8, 4) is 0 Å². The summed E-state index contributed by atoms with van der Waals surface area (Å²) in [5.74, 6) is 0.495. The summed E-state index contributed by atoms with van der Waals surface area (Å²) < 4.78 is 0. The molecule has 14 heavy (non-hydrogen) atoms. The van der Waals surface area contributed by atoms with Crippen LogP contribution in [0, 0.1) is 11.3 Å². The zero-order valence-electron chi connectivity index (χ0n) is 9.55. The van der Waals surface area contributed by atoms with Gasteiger partial charge in [0.25, 0.3) is 0 Å². The molecule has 0 aliphatic carbocycles. The lowest BCUT2D eigenvalue weighted by Gasteiger charge is -2.47. The minimum atomic E-state index is -0.0774. The molecule has 80 valence electrons. The van der Waals surface area contributed by atoms with Crippen molar-refractivity contribution in [3.63, 3.8) is 0 Å². The Bertz CT molecular complexity index is 274. The normalized spacial score (nSPS) is 41.3. The fourth-order valence-corrected chi connectivity index (χ4v) is 2.64. The molecule has 0 aromatic rings. The Balaban J connectivity index is 2.25. The maximum atomic E-state index is 11.9. The largest absolute Gasteiger partial charge is 0.324 e. The molecule has 0 aromatic carbocycles. The summed E-state index contributed by atoms with van der Waals surface area (Å²) in [4.78, 5) is 13.9. The third-order valence-corrected chi connectivity index (χ3v) is 3.52. The quantitative estimate of drug-likeness (QED) is 0.631. The van der Waals surface area contributed by atoms with Crippen molar-refractivity contribution in [2.75, 3.05) is 13.1 Å². The lowest BCUT2D eigenvalue weighted by Crippen LogP contribution is -2.63. The Morgan fingerprint density at radius 3 is 2.71 bits per heavy atom. The van der Waals surface area contributed by atoms with Crippen LogP contribution in [0.25, 0.3) is 0 Å². The molecule has 2 aliphatic heterocycles. The molecule has 2 saturated heterocycles. The number of rotatable bonds is 0. The van der Waals surface area contributed by atoms with E-state index in [2.05, 4.69) is 26.1 Å². The van der Waals surface area contributed by atoms with E-state index in [1.54, 1.807) is 0 Å². The summed E-state index contributed by atoms with van der Waals surface area (Å²) in [6.45, 7) is 10.5. The van der Waals surface area contributed by atoms with Crippen LogP contribution in [0.5, 0.6) is 0 Å². The van der Waals surface area contributed by atoms with E-state index in [0.29, 0.717) is 5.91 Å². The molecule has 0 saturated carbocycles. The van der Waals surface area contributed by atoms with Crippen molar-refractivity contribution in [3.05, 3.63) is 0 Å². The number of fused-ring (bicyclic) bond motifs is 1. The molecule has 1 N–H and O–H groups in total. The molecule has 3 nitrogen and oxygen atoms in total. The Morgan fingerprint density at radius 2 is 2.07 bits per heavy atom. The highest BCUT2D eigenvalue weighted by molar-refractivity contribution is 5.82. The first-order valence-electron chi connectivity index (χ1n) is 5.41. The van der Waals surface area contributed by atoms with Crippen molar-refractivity contribution >= 4 is 5.91 Å². The predicted octanol–water partition coefficient (Wildman–Crippen LogP) is 1.20. The third-order valence-electron chi connectivity index (χ3n) is 3.52. The molecule has 2 unspecified atom stereocenters. The minimum absolute atomic E-state index is 0.0774. The van der Waals surface area contributed by atoms with Gasteiger partial charge < -0.3 is 4.90 Å². The van der Waals surface area contributed by atoms with Gasteiger partial charge >= 0.3 is 0 Å². The first kappa shape index (κ1) is 9.97. The van der Waals surface area contributed by atoms with Crippen LogP contribution in [0.3, 0.4) is 0 Å². The summed E-state index contributed by atoms with van der Waals surface area (Å²) in [6.07, 6.45) is 0.946. The molecule has 0 aromatic heterocycles. The maximum Gasteiger partial charge on any atom is 0.227 e. The van der Waals surface area contributed by atoms with Crippen LogP contribution in [0.4, 0.5) is 0 Å². The second kappa shape index (κ2) is 2.72. The van der Waals surface area contributed by atoms with Gasteiger partial charge in [0.15, 0.2) is 0 Å². The molecule has 2 heterocycles. The average Bonchev–Trinajstić information content (AvgIpc) is 2.27. The van der Waals surface area contributed by atoms with Gasteiger partial charge in [-0.15, -0.1) is 0 Å². The zero-order chi connectivity index (χ0) is 10.6. The molecule has 0 spiro atoms. The van der Waals surface area contributed by atoms with Crippen LogP contribution in [-0.4, -0.2) is 29.6 Å². The summed E-state index contributed by atoms with van der Waals surface area (Å²) >= 11 is 0. The van der Waals surface area contributed by atoms with E-state index in [9.17, 15) is 4.79 Å². The van der Waals surface area contributed by atoms with E-state index in [1.807, 2.05) is 11.8 Å². The standard InChI is InChI=1S/C11H20N2O/c1-8-5-11(4)12-6-10(2,3)7-13(11)9(8)14/h8,12H,5-7H2,1-4H3. The van der Waals surface area contributed by atoms with Crippen LogP contribution in [0.15, 0.2) is 0 Å². The first-order chi connectivity index (χ1) is 6.34. The van der Waals surface area contributed by atoms with Gasteiger partial charge in [0.2, 0.25) is 5.91 Å². The van der Waals surface area contributed by atoms with E-state index in [4.69, 9.17) is 0 Å². The number of hydrogen-bond acceptors (Lipinski definition) is 2. The van der Waals surface area contributed by atoms with Gasteiger partial charge in [0.1, 0.15) is 0 Å². The topological polar surface area (TPSA) is 32.3 Å². The summed E-state index contributed by atoms with van der Waals surface area (Å²) in [5.41, 5.74) is 0.130. The highest BCUT2D eigenvalue weighted by Gasteiger charge is 2.50. The van der Waals surface area contributed by atoms with Gasteiger partial charge in [-0.05, 0) is 18.8 Å². The van der Waals surface area contributed by atoms with Crippen molar-refractivity contribution in [1.82, 2.24) is 10.2 Å². The molecular weight excluding hydrogens is 176 g/mol. The summed E-state index contributed by atoms with van der Waals surface area (Å²) in [5, 5.41) is 3.51. The number of carbonyl (C=O) groups is 1. The van der Waals surface area contributed by atoms with Gasteiger partial charge in [0, 0.05) is 19.0 Å². The minimum Gasteiger partial charge on any atom is -0.324 e. The monoisotopic (exact) mass is 196 g/mol. The van der Waals surface area contributed by atoms with Crippen LogP contribution < -0.4 is 5.32 Å². The maximum absolute atomic E-state index is 11.9. The van der Waals surface area contributed by atoms with Gasteiger partial charge in [-0.25, -0.2) is 0 Å². The molecule has 2 fully saturated rings.